The molecule has 2 aliphatic heterocycles. The zero-order valence-electron chi connectivity index (χ0n) is 14.5. The minimum absolute atomic E-state index is 0.0178. The van der Waals surface area contributed by atoms with Gasteiger partial charge in [-0.3, -0.25) is 4.79 Å². The van der Waals surface area contributed by atoms with Gasteiger partial charge in [0.15, 0.2) is 6.10 Å². The molecule has 0 radical (unpaired) electrons. The number of benzene rings is 1. The maximum atomic E-state index is 13.1. The molecule has 3 atom stereocenters. The minimum atomic E-state index is -0.624. The van der Waals surface area contributed by atoms with Crippen LogP contribution in [0.5, 0.6) is 5.75 Å². The normalized spacial score (nSPS) is 23.8. The summed E-state index contributed by atoms with van der Waals surface area (Å²) in [4.78, 5) is 15.0. The molecule has 0 spiro atoms. The third-order valence-electron chi connectivity index (χ3n) is 4.71. The van der Waals surface area contributed by atoms with Crippen LogP contribution in [0, 0.1) is 11.3 Å². The molecule has 0 aliphatic carbocycles. The molecule has 6 heteroatoms. The highest BCUT2D eigenvalue weighted by Gasteiger charge is 2.33. The van der Waals surface area contributed by atoms with Crippen LogP contribution < -0.4 is 4.74 Å². The first-order valence-corrected chi connectivity index (χ1v) is 10.00. The van der Waals surface area contributed by atoms with Crippen molar-refractivity contribution in [3.63, 3.8) is 0 Å². The molecule has 1 amide bonds. The Labute approximate surface area is 153 Å². The van der Waals surface area contributed by atoms with Crippen LogP contribution in [0.25, 0.3) is 0 Å². The second-order valence-corrected chi connectivity index (χ2v) is 7.66. The molecule has 5 nitrogen and oxygen atoms in total. The zero-order chi connectivity index (χ0) is 17.6. The first-order chi connectivity index (χ1) is 12.2. The largest absolute Gasteiger partial charge is 0.480 e. The van der Waals surface area contributed by atoms with Gasteiger partial charge in [-0.05, 0) is 44.1 Å². The lowest BCUT2D eigenvalue weighted by atomic mass is 10.1. The molecule has 1 aromatic rings. The molecule has 2 heterocycles. The van der Waals surface area contributed by atoms with E-state index in [4.69, 9.17) is 9.47 Å². The number of hydrogen-bond acceptors (Lipinski definition) is 5. The number of hydrogen-bond donors (Lipinski definition) is 0. The number of rotatable bonds is 6. The van der Waals surface area contributed by atoms with Crippen LogP contribution in [-0.2, 0) is 9.53 Å². The third kappa shape index (κ3) is 4.47. The zero-order valence-corrected chi connectivity index (χ0v) is 15.3. The van der Waals surface area contributed by atoms with Gasteiger partial charge in [0.25, 0.3) is 5.91 Å². The maximum absolute atomic E-state index is 13.1. The summed E-state index contributed by atoms with van der Waals surface area (Å²) < 4.78 is 11.6. The standard InChI is InChI=1S/C19H24N2O3S/c1-14(24-18-7-3-2-5-15(18)11-20)19(22)21(16-8-10-25-13-16)12-17-6-4-9-23-17/h2-3,5,7,14,16-17H,4,6,8-10,12-13H2,1H3. The molecule has 3 rings (SSSR count). The Morgan fingerprint density at radius 3 is 3.00 bits per heavy atom. The monoisotopic (exact) mass is 360 g/mol. The summed E-state index contributed by atoms with van der Waals surface area (Å²) in [6.45, 7) is 3.19. The van der Waals surface area contributed by atoms with Crippen LogP contribution in [0.2, 0.25) is 0 Å². The predicted molar refractivity (Wildman–Crippen MR) is 97.7 cm³/mol. The van der Waals surface area contributed by atoms with E-state index in [1.54, 1.807) is 25.1 Å². The fraction of sp³-hybridized carbons (Fsp3) is 0.579. The van der Waals surface area contributed by atoms with Crippen molar-refractivity contribution in [2.24, 2.45) is 0 Å². The summed E-state index contributed by atoms with van der Waals surface area (Å²) in [6.07, 6.45) is 2.60. The number of para-hydroxylation sites is 1. The molecule has 0 saturated carbocycles. The van der Waals surface area contributed by atoms with Gasteiger partial charge in [-0.2, -0.15) is 17.0 Å². The molecule has 134 valence electrons. The molecular weight excluding hydrogens is 336 g/mol. The van der Waals surface area contributed by atoms with E-state index < -0.39 is 6.10 Å². The van der Waals surface area contributed by atoms with Gasteiger partial charge in [0.1, 0.15) is 11.8 Å². The summed E-state index contributed by atoms with van der Waals surface area (Å²) in [5, 5.41) is 9.20. The van der Waals surface area contributed by atoms with Gasteiger partial charge < -0.3 is 14.4 Å². The molecule has 1 aromatic carbocycles. The molecular formula is C19H24N2O3S. The van der Waals surface area contributed by atoms with Crippen LogP contribution >= 0.6 is 11.8 Å². The first-order valence-electron chi connectivity index (χ1n) is 8.84. The first kappa shape index (κ1) is 18.1. The Kier molecular flexibility index (Phi) is 6.22. The lowest BCUT2D eigenvalue weighted by Gasteiger charge is -2.32. The van der Waals surface area contributed by atoms with E-state index in [0.29, 0.717) is 17.9 Å². The Balaban J connectivity index is 1.70. The quantitative estimate of drug-likeness (QED) is 0.781. The SMILES string of the molecule is CC(Oc1ccccc1C#N)C(=O)N(CC1CCCO1)C1CCSC1. The number of ether oxygens (including phenoxy) is 2. The summed E-state index contributed by atoms with van der Waals surface area (Å²) in [5.74, 6) is 2.51. The molecule has 25 heavy (non-hydrogen) atoms. The van der Waals surface area contributed by atoms with E-state index in [-0.39, 0.29) is 18.1 Å². The van der Waals surface area contributed by atoms with Crippen molar-refractivity contribution in [2.75, 3.05) is 24.7 Å². The summed E-state index contributed by atoms with van der Waals surface area (Å²) >= 11 is 1.89. The number of nitriles is 1. The van der Waals surface area contributed by atoms with E-state index in [0.717, 1.165) is 37.4 Å². The summed E-state index contributed by atoms with van der Waals surface area (Å²) in [7, 11) is 0. The van der Waals surface area contributed by atoms with E-state index in [2.05, 4.69) is 6.07 Å². The summed E-state index contributed by atoms with van der Waals surface area (Å²) in [5.41, 5.74) is 0.448. The van der Waals surface area contributed by atoms with Crippen molar-refractivity contribution in [3.8, 4) is 11.8 Å². The lowest BCUT2D eigenvalue weighted by Crippen LogP contribution is -2.49. The van der Waals surface area contributed by atoms with E-state index in [1.807, 2.05) is 22.7 Å². The number of nitrogens with zero attached hydrogens (tertiary/aromatic N) is 2. The second-order valence-electron chi connectivity index (χ2n) is 6.51. The van der Waals surface area contributed by atoms with Crippen LogP contribution in [0.1, 0.15) is 31.7 Å². The minimum Gasteiger partial charge on any atom is -0.480 e. The second kappa shape index (κ2) is 8.59. The van der Waals surface area contributed by atoms with Crippen molar-refractivity contribution >= 4 is 17.7 Å². The fourth-order valence-electron chi connectivity index (χ4n) is 3.33. The van der Waals surface area contributed by atoms with Crippen molar-refractivity contribution in [1.82, 2.24) is 4.90 Å². The number of thioether (sulfide) groups is 1. The van der Waals surface area contributed by atoms with Gasteiger partial charge >= 0.3 is 0 Å². The molecule has 0 bridgehead atoms. The molecule has 0 aromatic heterocycles. The van der Waals surface area contributed by atoms with Crippen molar-refractivity contribution < 1.29 is 14.3 Å². The van der Waals surface area contributed by atoms with Crippen LogP contribution in [0.3, 0.4) is 0 Å². The van der Waals surface area contributed by atoms with Gasteiger partial charge in [-0.1, -0.05) is 12.1 Å². The van der Waals surface area contributed by atoms with Gasteiger partial charge in [0.2, 0.25) is 0 Å². The Hall–Kier alpha value is -1.71. The van der Waals surface area contributed by atoms with Crippen LogP contribution in [0.15, 0.2) is 24.3 Å². The molecule has 2 saturated heterocycles. The number of amides is 1. The van der Waals surface area contributed by atoms with E-state index >= 15 is 0 Å². The van der Waals surface area contributed by atoms with Crippen LogP contribution in [0.4, 0.5) is 0 Å². The van der Waals surface area contributed by atoms with Gasteiger partial charge in [0.05, 0.1) is 11.7 Å². The van der Waals surface area contributed by atoms with Crippen molar-refractivity contribution in [3.05, 3.63) is 29.8 Å². The Morgan fingerprint density at radius 1 is 1.48 bits per heavy atom. The van der Waals surface area contributed by atoms with E-state index in [1.165, 1.54) is 0 Å². The average molecular weight is 360 g/mol. The number of carbonyl (C=O) groups excluding carboxylic acids is 1. The highest BCUT2D eigenvalue weighted by Crippen LogP contribution is 2.26. The summed E-state index contributed by atoms with van der Waals surface area (Å²) in [6, 6.07) is 9.39. The van der Waals surface area contributed by atoms with Crippen molar-refractivity contribution in [2.45, 2.75) is 44.4 Å². The Bertz CT molecular complexity index is 634. The topological polar surface area (TPSA) is 62.6 Å². The predicted octanol–water partition coefficient (Wildman–Crippen LogP) is 2.84. The average Bonchev–Trinajstić information content (AvgIpc) is 3.33. The lowest BCUT2D eigenvalue weighted by molar-refractivity contribution is -0.141. The van der Waals surface area contributed by atoms with Gasteiger partial charge in [0, 0.05) is 24.9 Å². The fourth-order valence-corrected chi connectivity index (χ4v) is 4.55. The molecule has 0 N–H and O–H groups in total. The molecule has 3 unspecified atom stereocenters. The van der Waals surface area contributed by atoms with Crippen LogP contribution in [-0.4, -0.2) is 53.7 Å². The maximum Gasteiger partial charge on any atom is 0.263 e. The molecule has 2 aliphatic rings. The molecule has 2 fully saturated rings. The van der Waals surface area contributed by atoms with E-state index in [9.17, 15) is 10.1 Å². The third-order valence-corrected chi connectivity index (χ3v) is 5.86. The smallest absolute Gasteiger partial charge is 0.263 e. The number of carbonyl (C=O) groups is 1. The van der Waals surface area contributed by atoms with Crippen molar-refractivity contribution in [1.29, 1.82) is 5.26 Å². The van der Waals surface area contributed by atoms with Gasteiger partial charge in [-0.15, -0.1) is 0 Å². The highest BCUT2D eigenvalue weighted by molar-refractivity contribution is 7.99. The van der Waals surface area contributed by atoms with Gasteiger partial charge in [-0.25, -0.2) is 0 Å². The Morgan fingerprint density at radius 2 is 2.32 bits per heavy atom. The highest BCUT2D eigenvalue weighted by atomic mass is 32.2.